The van der Waals surface area contributed by atoms with E-state index in [0.29, 0.717) is 0 Å². The van der Waals surface area contributed by atoms with Crippen molar-refractivity contribution in [2.24, 2.45) is 0 Å². The molecule has 1 aromatic heterocycles. The predicted octanol–water partition coefficient (Wildman–Crippen LogP) is 3.13. The zero-order valence-electron chi connectivity index (χ0n) is 7.92. The summed E-state index contributed by atoms with van der Waals surface area (Å²) in [6.45, 7) is 2.08. The van der Waals surface area contributed by atoms with E-state index < -0.39 is 0 Å². The van der Waals surface area contributed by atoms with Crippen molar-refractivity contribution < 1.29 is 0 Å². The van der Waals surface area contributed by atoms with Gasteiger partial charge in [-0.2, -0.15) is 0 Å². The summed E-state index contributed by atoms with van der Waals surface area (Å²) in [7, 11) is 0. The molecule has 0 amide bonds. The van der Waals surface area contributed by atoms with Gasteiger partial charge in [-0.15, -0.1) is 11.3 Å². The average molecular weight is 273 g/mol. The van der Waals surface area contributed by atoms with Crippen LogP contribution in [0.4, 0.5) is 0 Å². The lowest BCUT2D eigenvalue weighted by Crippen LogP contribution is -2.26. The number of rotatable bonds is 3. The summed E-state index contributed by atoms with van der Waals surface area (Å²) in [6, 6.07) is 4.25. The molecule has 4 heteroatoms. The Morgan fingerprint density at radius 3 is 2.93 bits per heavy atom. The Labute approximate surface area is 96.6 Å². The minimum atomic E-state index is 0.820. The van der Waals surface area contributed by atoms with Crippen molar-refractivity contribution in [2.75, 3.05) is 13.1 Å². The molecule has 1 aliphatic rings. The molecule has 0 saturated carbocycles. The van der Waals surface area contributed by atoms with E-state index in [1.165, 1.54) is 8.66 Å². The fourth-order valence-corrected chi connectivity index (χ4v) is 3.18. The highest BCUT2D eigenvalue weighted by Gasteiger charge is 2.16. The number of likely N-dealkylation sites (tertiary alicyclic amines) is 1. The third-order valence-corrected chi connectivity index (χ3v) is 4.16. The Bertz CT molecular complexity index is 335. The Morgan fingerprint density at radius 2 is 2.36 bits per heavy atom. The van der Waals surface area contributed by atoms with Crippen molar-refractivity contribution >= 4 is 33.1 Å². The summed E-state index contributed by atoms with van der Waals surface area (Å²) in [5, 5.41) is 7.70. The van der Waals surface area contributed by atoms with Gasteiger partial charge in [0.2, 0.25) is 0 Å². The first-order chi connectivity index (χ1) is 6.75. The van der Waals surface area contributed by atoms with Gasteiger partial charge in [0, 0.05) is 24.4 Å². The van der Waals surface area contributed by atoms with Gasteiger partial charge >= 0.3 is 0 Å². The second-order valence-corrected chi connectivity index (χ2v) is 6.04. The van der Waals surface area contributed by atoms with Crippen LogP contribution in [0.1, 0.15) is 17.7 Å². The molecule has 0 radical (unpaired) electrons. The van der Waals surface area contributed by atoms with Crippen LogP contribution in [0.15, 0.2) is 15.9 Å². The van der Waals surface area contributed by atoms with E-state index in [1.54, 1.807) is 11.3 Å². The molecule has 0 aromatic carbocycles. The molecule has 1 aliphatic heterocycles. The maximum atomic E-state index is 7.70. The Hall–Kier alpha value is -0.350. The van der Waals surface area contributed by atoms with Gasteiger partial charge < -0.3 is 4.90 Å². The molecule has 1 fully saturated rings. The van der Waals surface area contributed by atoms with E-state index in [1.807, 2.05) is 0 Å². The lowest BCUT2D eigenvalue weighted by molar-refractivity contribution is 0.457. The molecular formula is C10H13BrN2S. The highest BCUT2D eigenvalue weighted by molar-refractivity contribution is 9.11. The van der Waals surface area contributed by atoms with Crippen LogP contribution < -0.4 is 0 Å². The van der Waals surface area contributed by atoms with E-state index in [0.717, 1.165) is 38.2 Å². The number of halogens is 1. The van der Waals surface area contributed by atoms with Crippen molar-refractivity contribution in [3.05, 3.63) is 20.8 Å². The first kappa shape index (κ1) is 10.2. The number of nitrogens with one attached hydrogen (secondary N) is 1. The van der Waals surface area contributed by atoms with E-state index in [9.17, 15) is 0 Å². The highest BCUT2D eigenvalue weighted by atomic mass is 79.9. The number of amidine groups is 1. The molecule has 0 unspecified atom stereocenters. The fraction of sp³-hybridized carbons (Fsp3) is 0.500. The first-order valence-electron chi connectivity index (χ1n) is 4.82. The zero-order chi connectivity index (χ0) is 9.97. The molecule has 2 heterocycles. The van der Waals surface area contributed by atoms with Gasteiger partial charge in [0.25, 0.3) is 0 Å². The summed E-state index contributed by atoms with van der Waals surface area (Å²) in [4.78, 5) is 3.59. The number of thiophene rings is 1. The molecule has 0 aliphatic carbocycles. The SMILES string of the molecule is N=C1CCCN1CCc1ccc(Br)s1. The lowest BCUT2D eigenvalue weighted by Gasteiger charge is -2.16. The number of hydrogen-bond donors (Lipinski definition) is 1. The molecule has 14 heavy (non-hydrogen) atoms. The summed E-state index contributed by atoms with van der Waals surface area (Å²) in [5.74, 6) is 0.820. The molecule has 2 nitrogen and oxygen atoms in total. The van der Waals surface area contributed by atoms with Gasteiger partial charge in [0.05, 0.1) is 9.62 Å². The third-order valence-electron chi connectivity index (χ3n) is 2.48. The minimum absolute atomic E-state index is 0.820. The van der Waals surface area contributed by atoms with Crippen LogP contribution in [-0.2, 0) is 6.42 Å². The Balaban J connectivity index is 1.85. The molecule has 1 N–H and O–H groups in total. The van der Waals surface area contributed by atoms with Crippen LogP contribution in [0.5, 0.6) is 0 Å². The normalized spacial score (nSPS) is 16.6. The Kier molecular flexibility index (Phi) is 3.23. The Morgan fingerprint density at radius 1 is 1.50 bits per heavy atom. The van der Waals surface area contributed by atoms with Gasteiger partial charge in [-0.25, -0.2) is 0 Å². The quantitative estimate of drug-likeness (QED) is 0.900. The maximum Gasteiger partial charge on any atom is 0.0958 e. The topological polar surface area (TPSA) is 27.1 Å². The first-order valence-corrected chi connectivity index (χ1v) is 6.43. The second-order valence-electron chi connectivity index (χ2n) is 3.49. The van der Waals surface area contributed by atoms with Crippen molar-refractivity contribution in [1.29, 1.82) is 5.41 Å². The van der Waals surface area contributed by atoms with E-state index in [4.69, 9.17) is 5.41 Å². The summed E-state index contributed by atoms with van der Waals surface area (Å²) >= 11 is 5.25. The number of hydrogen-bond acceptors (Lipinski definition) is 2. The van der Waals surface area contributed by atoms with E-state index >= 15 is 0 Å². The summed E-state index contributed by atoms with van der Waals surface area (Å²) in [6.07, 6.45) is 3.19. The smallest absolute Gasteiger partial charge is 0.0958 e. The van der Waals surface area contributed by atoms with E-state index in [-0.39, 0.29) is 0 Å². The second kappa shape index (κ2) is 4.45. The van der Waals surface area contributed by atoms with Gasteiger partial charge in [-0.05, 0) is 40.9 Å². The van der Waals surface area contributed by atoms with Crippen LogP contribution in [0, 0.1) is 5.41 Å². The molecule has 2 rings (SSSR count). The standard InChI is InChI=1S/C10H13BrN2S/c11-9-4-3-8(14-9)5-7-13-6-1-2-10(13)12/h3-4,12H,1-2,5-7H2. The van der Waals surface area contributed by atoms with Crippen LogP contribution in [0.25, 0.3) is 0 Å². The van der Waals surface area contributed by atoms with Gasteiger partial charge in [0.15, 0.2) is 0 Å². The monoisotopic (exact) mass is 272 g/mol. The maximum absolute atomic E-state index is 7.70. The molecule has 0 spiro atoms. The van der Waals surface area contributed by atoms with Gasteiger partial charge in [-0.1, -0.05) is 0 Å². The summed E-state index contributed by atoms with van der Waals surface area (Å²) in [5.41, 5.74) is 0. The lowest BCUT2D eigenvalue weighted by atomic mass is 10.3. The third kappa shape index (κ3) is 2.36. The predicted molar refractivity (Wildman–Crippen MR) is 64.3 cm³/mol. The van der Waals surface area contributed by atoms with Crippen molar-refractivity contribution in [3.8, 4) is 0 Å². The number of nitrogens with zero attached hydrogens (tertiary/aromatic N) is 1. The summed E-state index contributed by atoms with van der Waals surface area (Å²) < 4.78 is 1.20. The van der Waals surface area contributed by atoms with Crippen molar-refractivity contribution in [2.45, 2.75) is 19.3 Å². The van der Waals surface area contributed by atoms with E-state index in [2.05, 4.69) is 33.0 Å². The van der Waals surface area contributed by atoms with Crippen molar-refractivity contribution in [1.82, 2.24) is 4.90 Å². The minimum Gasteiger partial charge on any atom is -0.360 e. The molecule has 76 valence electrons. The van der Waals surface area contributed by atoms with Crippen LogP contribution in [-0.4, -0.2) is 23.8 Å². The van der Waals surface area contributed by atoms with Crippen LogP contribution in [0.2, 0.25) is 0 Å². The van der Waals surface area contributed by atoms with Gasteiger partial charge in [0.1, 0.15) is 0 Å². The molecule has 0 atom stereocenters. The van der Waals surface area contributed by atoms with Crippen LogP contribution >= 0.6 is 27.3 Å². The molecule has 1 aromatic rings. The largest absolute Gasteiger partial charge is 0.360 e. The zero-order valence-corrected chi connectivity index (χ0v) is 10.3. The highest BCUT2D eigenvalue weighted by Crippen LogP contribution is 2.23. The molecular weight excluding hydrogens is 260 g/mol. The fourth-order valence-electron chi connectivity index (χ4n) is 1.71. The van der Waals surface area contributed by atoms with Gasteiger partial charge in [-0.3, -0.25) is 5.41 Å². The average Bonchev–Trinajstić information content (AvgIpc) is 2.72. The molecule has 0 bridgehead atoms. The molecule has 1 saturated heterocycles. The van der Waals surface area contributed by atoms with Crippen molar-refractivity contribution in [3.63, 3.8) is 0 Å². The van der Waals surface area contributed by atoms with Crippen LogP contribution in [0.3, 0.4) is 0 Å².